The summed E-state index contributed by atoms with van der Waals surface area (Å²) in [4.78, 5) is 0. The number of aliphatic hydroxyl groups excluding tert-OH is 1. The Morgan fingerprint density at radius 1 is 1.33 bits per heavy atom. The second kappa shape index (κ2) is 6.99. The minimum absolute atomic E-state index is 0.283. The standard InChI is InChI=1S/C12H18BrNO/c1-10(14-8-4-5-9-15)11-6-2-3-7-12(11)13/h2-3,6-7,10,14-15H,4-5,8-9H2,1H3/t10-/m0/s1. The Hall–Kier alpha value is -0.380. The predicted molar refractivity (Wildman–Crippen MR) is 66.9 cm³/mol. The zero-order valence-electron chi connectivity index (χ0n) is 9.04. The third-order valence-electron chi connectivity index (χ3n) is 2.41. The minimum Gasteiger partial charge on any atom is -0.396 e. The van der Waals surface area contributed by atoms with Gasteiger partial charge in [-0.25, -0.2) is 0 Å². The first-order valence-corrected chi connectivity index (χ1v) is 6.13. The second-order valence-corrected chi connectivity index (χ2v) is 4.48. The molecule has 0 unspecified atom stereocenters. The molecule has 0 amide bonds. The van der Waals surface area contributed by atoms with Crippen molar-refractivity contribution >= 4 is 15.9 Å². The molecule has 3 heteroatoms. The summed E-state index contributed by atoms with van der Waals surface area (Å²) in [6, 6.07) is 8.59. The fourth-order valence-electron chi connectivity index (χ4n) is 1.49. The Labute approximate surface area is 99.8 Å². The molecule has 1 aromatic rings. The largest absolute Gasteiger partial charge is 0.396 e. The van der Waals surface area contributed by atoms with Crippen LogP contribution in [0.1, 0.15) is 31.4 Å². The molecule has 2 nitrogen and oxygen atoms in total. The summed E-state index contributed by atoms with van der Waals surface area (Å²) in [5.41, 5.74) is 1.28. The average Bonchev–Trinajstić information content (AvgIpc) is 2.25. The van der Waals surface area contributed by atoms with Gasteiger partial charge in [-0.2, -0.15) is 0 Å². The lowest BCUT2D eigenvalue weighted by atomic mass is 10.1. The van der Waals surface area contributed by atoms with Crippen LogP contribution in [-0.2, 0) is 0 Å². The van der Waals surface area contributed by atoms with Gasteiger partial charge in [0.05, 0.1) is 0 Å². The van der Waals surface area contributed by atoms with E-state index in [1.807, 2.05) is 12.1 Å². The zero-order valence-corrected chi connectivity index (χ0v) is 10.6. The molecular weight excluding hydrogens is 254 g/mol. The van der Waals surface area contributed by atoms with Crippen LogP contribution in [-0.4, -0.2) is 18.3 Å². The number of hydrogen-bond acceptors (Lipinski definition) is 2. The van der Waals surface area contributed by atoms with E-state index >= 15 is 0 Å². The highest BCUT2D eigenvalue weighted by atomic mass is 79.9. The summed E-state index contributed by atoms with van der Waals surface area (Å²) in [5.74, 6) is 0. The van der Waals surface area contributed by atoms with Crippen molar-refractivity contribution in [1.29, 1.82) is 0 Å². The monoisotopic (exact) mass is 271 g/mol. The van der Waals surface area contributed by atoms with Gasteiger partial charge in [0.25, 0.3) is 0 Å². The lowest BCUT2D eigenvalue weighted by Crippen LogP contribution is -2.20. The molecule has 1 atom stereocenters. The van der Waals surface area contributed by atoms with E-state index in [0.29, 0.717) is 6.04 Å². The van der Waals surface area contributed by atoms with Crippen molar-refractivity contribution in [3.05, 3.63) is 34.3 Å². The fourth-order valence-corrected chi connectivity index (χ4v) is 2.12. The number of halogens is 1. The molecule has 0 heterocycles. The van der Waals surface area contributed by atoms with Crippen molar-refractivity contribution in [1.82, 2.24) is 5.32 Å². The Balaban J connectivity index is 2.40. The van der Waals surface area contributed by atoms with Crippen LogP contribution in [0.5, 0.6) is 0 Å². The van der Waals surface area contributed by atoms with Crippen LogP contribution in [0.4, 0.5) is 0 Å². The third-order valence-corrected chi connectivity index (χ3v) is 3.13. The highest BCUT2D eigenvalue weighted by Gasteiger charge is 2.06. The number of nitrogens with one attached hydrogen (secondary N) is 1. The number of hydrogen-bond donors (Lipinski definition) is 2. The lowest BCUT2D eigenvalue weighted by molar-refractivity contribution is 0.283. The maximum absolute atomic E-state index is 8.66. The van der Waals surface area contributed by atoms with Gasteiger partial charge >= 0.3 is 0 Å². The van der Waals surface area contributed by atoms with Gasteiger partial charge in [0.2, 0.25) is 0 Å². The molecule has 0 aliphatic carbocycles. The number of benzene rings is 1. The molecule has 1 aromatic carbocycles. The quantitative estimate of drug-likeness (QED) is 0.780. The molecule has 0 aromatic heterocycles. The summed E-state index contributed by atoms with van der Waals surface area (Å²) < 4.78 is 1.15. The smallest absolute Gasteiger partial charge is 0.0431 e. The topological polar surface area (TPSA) is 32.3 Å². The van der Waals surface area contributed by atoms with Gasteiger partial charge in [0, 0.05) is 17.1 Å². The molecule has 0 aliphatic rings. The number of rotatable bonds is 6. The van der Waals surface area contributed by atoms with E-state index < -0.39 is 0 Å². The molecular formula is C12H18BrNO. The van der Waals surface area contributed by atoms with E-state index in [4.69, 9.17) is 5.11 Å². The van der Waals surface area contributed by atoms with Gasteiger partial charge in [-0.1, -0.05) is 34.1 Å². The van der Waals surface area contributed by atoms with E-state index in [2.05, 4.69) is 40.3 Å². The Kier molecular flexibility index (Phi) is 5.91. The summed E-state index contributed by atoms with van der Waals surface area (Å²) in [6.45, 7) is 3.38. The molecule has 0 spiro atoms. The van der Waals surface area contributed by atoms with E-state index in [1.165, 1.54) is 5.56 Å². The molecule has 84 valence electrons. The first-order chi connectivity index (χ1) is 7.25. The lowest BCUT2D eigenvalue weighted by Gasteiger charge is -2.15. The summed E-state index contributed by atoms with van der Waals surface area (Å²) in [5, 5.41) is 12.1. The zero-order chi connectivity index (χ0) is 11.1. The summed E-state index contributed by atoms with van der Waals surface area (Å²) in [7, 11) is 0. The predicted octanol–water partition coefficient (Wildman–Crippen LogP) is 2.87. The molecule has 0 radical (unpaired) electrons. The van der Waals surface area contributed by atoms with E-state index in [-0.39, 0.29) is 6.61 Å². The van der Waals surface area contributed by atoms with Gasteiger partial charge in [-0.15, -0.1) is 0 Å². The second-order valence-electron chi connectivity index (χ2n) is 3.63. The van der Waals surface area contributed by atoms with Crippen LogP contribution in [0.25, 0.3) is 0 Å². The number of aliphatic hydroxyl groups is 1. The van der Waals surface area contributed by atoms with Crippen molar-refractivity contribution in [2.75, 3.05) is 13.2 Å². The normalized spacial score (nSPS) is 12.7. The molecule has 15 heavy (non-hydrogen) atoms. The summed E-state index contributed by atoms with van der Waals surface area (Å²) >= 11 is 3.54. The first-order valence-electron chi connectivity index (χ1n) is 5.34. The molecule has 0 saturated heterocycles. The van der Waals surface area contributed by atoms with Crippen molar-refractivity contribution < 1.29 is 5.11 Å². The van der Waals surface area contributed by atoms with Crippen LogP contribution in [0.3, 0.4) is 0 Å². The van der Waals surface area contributed by atoms with Crippen molar-refractivity contribution in [2.24, 2.45) is 0 Å². The van der Waals surface area contributed by atoms with E-state index in [1.54, 1.807) is 0 Å². The molecule has 0 bridgehead atoms. The van der Waals surface area contributed by atoms with E-state index in [0.717, 1.165) is 23.9 Å². The molecule has 0 fully saturated rings. The number of unbranched alkanes of at least 4 members (excludes halogenated alkanes) is 1. The fraction of sp³-hybridized carbons (Fsp3) is 0.500. The minimum atomic E-state index is 0.283. The molecule has 0 saturated carbocycles. The highest BCUT2D eigenvalue weighted by Crippen LogP contribution is 2.22. The Morgan fingerprint density at radius 2 is 2.07 bits per heavy atom. The highest BCUT2D eigenvalue weighted by molar-refractivity contribution is 9.10. The molecule has 0 aliphatic heterocycles. The van der Waals surface area contributed by atoms with Gasteiger partial charge in [0.1, 0.15) is 0 Å². The van der Waals surface area contributed by atoms with Gasteiger partial charge in [-0.05, 0) is 37.9 Å². The van der Waals surface area contributed by atoms with Crippen LogP contribution < -0.4 is 5.32 Å². The SMILES string of the molecule is C[C@H](NCCCCO)c1ccccc1Br. The van der Waals surface area contributed by atoms with Crippen molar-refractivity contribution in [3.8, 4) is 0 Å². The van der Waals surface area contributed by atoms with Gasteiger partial charge in [0.15, 0.2) is 0 Å². The van der Waals surface area contributed by atoms with Gasteiger partial charge in [-0.3, -0.25) is 0 Å². The average molecular weight is 272 g/mol. The Morgan fingerprint density at radius 3 is 2.73 bits per heavy atom. The van der Waals surface area contributed by atoms with Crippen molar-refractivity contribution in [2.45, 2.75) is 25.8 Å². The van der Waals surface area contributed by atoms with Crippen LogP contribution in [0, 0.1) is 0 Å². The van der Waals surface area contributed by atoms with Gasteiger partial charge < -0.3 is 10.4 Å². The van der Waals surface area contributed by atoms with Crippen molar-refractivity contribution in [3.63, 3.8) is 0 Å². The van der Waals surface area contributed by atoms with Crippen LogP contribution in [0.15, 0.2) is 28.7 Å². The summed E-state index contributed by atoms with van der Waals surface area (Å²) in [6.07, 6.45) is 1.89. The Bertz CT molecular complexity index is 291. The first kappa shape index (κ1) is 12.7. The van der Waals surface area contributed by atoms with E-state index in [9.17, 15) is 0 Å². The molecule has 1 rings (SSSR count). The molecule has 2 N–H and O–H groups in total. The van der Waals surface area contributed by atoms with Crippen LogP contribution in [0.2, 0.25) is 0 Å². The van der Waals surface area contributed by atoms with Crippen LogP contribution >= 0.6 is 15.9 Å². The third kappa shape index (κ3) is 4.33. The maximum atomic E-state index is 8.66. The maximum Gasteiger partial charge on any atom is 0.0431 e.